The number of rotatable bonds is 3. The molecule has 1 aromatic rings. The molecule has 0 saturated carbocycles. The maximum atomic E-state index is 13.2. The van der Waals surface area contributed by atoms with Gasteiger partial charge >= 0.3 is 0 Å². The minimum absolute atomic E-state index is 0.0218. The fourth-order valence-corrected chi connectivity index (χ4v) is 3.85. The van der Waals surface area contributed by atoms with Crippen molar-refractivity contribution in [3.63, 3.8) is 0 Å². The summed E-state index contributed by atoms with van der Waals surface area (Å²) in [5, 5.41) is 0.668. The molecule has 1 unspecified atom stereocenters. The maximum absolute atomic E-state index is 13.2. The summed E-state index contributed by atoms with van der Waals surface area (Å²) < 4.78 is 0. The van der Waals surface area contributed by atoms with Crippen LogP contribution in [0.5, 0.6) is 0 Å². The Labute approximate surface area is 148 Å². The van der Waals surface area contributed by atoms with Crippen molar-refractivity contribution in [3.05, 3.63) is 34.9 Å². The van der Waals surface area contributed by atoms with E-state index in [1.165, 1.54) is 0 Å². The zero-order valence-electron chi connectivity index (χ0n) is 14.5. The van der Waals surface area contributed by atoms with E-state index < -0.39 is 5.54 Å². The van der Waals surface area contributed by atoms with Gasteiger partial charge in [0.2, 0.25) is 5.91 Å². The Bertz CT molecular complexity index is 646. The van der Waals surface area contributed by atoms with Crippen molar-refractivity contribution < 1.29 is 9.59 Å². The number of hydrogen-bond donors (Lipinski definition) is 0. The molecule has 1 aromatic carbocycles. The third kappa shape index (κ3) is 2.91. The average molecular weight is 350 g/mol. The van der Waals surface area contributed by atoms with Gasteiger partial charge in [0.1, 0.15) is 12.1 Å². The van der Waals surface area contributed by atoms with E-state index in [0.717, 1.165) is 12.1 Å². The van der Waals surface area contributed by atoms with E-state index in [0.29, 0.717) is 24.5 Å². The Hall–Kier alpha value is -1.59. The maximum Gasteiger partial charge on any atom is 0.250 e. The molecule has 2 aliphatic heterocycles. The van der Waals surface area contributed by atoms with Crippen molar-refractivity contribution in [1.82, 2.24) is 14.7 Å². The lowest BCUT2D eigenvalue weighted by Gasteiger charge is -2.48. The highest BCUT2D eigenvalue weighted by molar-refractivity contribution is 6.30. The van der Waals surface area contributed by atoms with Crippen LogP contribution in [0.25, 0.3) is 0 Å². The zero-order valence-corrected chi connectivity index (χ0v) is 15.2. The predicted octanol–water partition coefficient (Wildman–Crippen LogP) is 1.99. The molecular weight excluding hydrogens is 326 g/mol. The summed E-state index contributed by atoms with van der Waals surface area (Å²) in [5.41, 5.74) is 0.251. The summed E-state index contributed by atoms with van der Waals surface area (Å²) in [6, 6.07) is 7.51. The molecular formula is C18H24ClN3O2. The van der Waals surface area contributed by atoms with Crippen LogP contribution < -0.4 is 0 Å². The molecule has 6 heteroatoms. The normalized spacial score (nSPS) is 25.4. The van der Waals surface area contributed by atoms with E-state index in [-0.39, 0.29) is 24.4 Å². The van der Waals surface area contributed by atoms with Crippen molar-refractivity contribution in [1.29, 1.82) is 0 Å². The van der Waals surface area contributed by atoms with Crippen molar-refractivity contribution >= 4 is 23.4 Å². The predicted molar refractivity (Wildman–Crippen MR) is 93.7 cm³/mol. The molecule has 2 saturated heterocycles. The molecule has 2 aliphatic rings. The van der Waals surface area contributed by atoms with Gasteiger partial charge in [-0.05, 0) is 45.0 Å². The lowest BCUT2D eigenvalue weighted by Crippen LogP contribution is -2.69. The average Bonchev–Trinajstić information content (AvgIpc) is 2.92. The second-order valence-electron chi connectivity index (χ2n) is 7.15. The van der Waals surface area contributed by atoms with Crippen LogP contribution in [0.1, 0.15) is 25.8 Å². The summed E-state index contributed by atoms with van der Waals surface area (Å²) >= 11 is 5.95. The van der Waals surface area contributed by atoms with Gasteiger partial charge in [0.05, 0.1) is 0 Å². The Morgan fingerprint density at radius 1 is 1.21 bits per heavy atom. The number of hydrogen-bond acceptors (Lipinski definition) is 3. The van der Waals surface area contributed by atoms with E-state index in [4.69, 9.17) is 11.6 Å². The number of carbonyl (C=O) groups excluding carboxylic acids is 2. The number of carbonyl (C=O) groups is 2. The summed E-state index contributed by atoms with van der Waals surface area (Å²) in [5.74, 6) is 0.101. The van der Waals surface area contributed by atoms with Gasteiger partial charge in [-0.1, -0.05) is 23.7 Å². The highest BCUT2D eigenvalue weighted by Gasteiger charge is 2.55. The monoisotopic (exact) mass is 349 g/mol. The molecule has 3 rings (SSSR count). The number of nitrogens with zero attached hydrogens (tertiary/aromatic N) is 3. The van der Waals surface area contributed by atoms with Crippen molar-refractivity contribution in [2.45, 2.75) is 38.4 Å². The van der Waals surface area contributed by atoms with Crippen LogP contribution in [-0.4, -0.2) is 64.8 Å². The van der Waals surface area contributed by atoms with Gasteiger partial charge in [-0.3, -0.25) is 9.59 Å². The van der Waals surface area contributed by atoms with E-state index in [2.05, 4.69) is 4.90 Å². The first kappa shape index (κ1) is 17.2. The lowest BCUT2D eigenvalue weighted by atomic mass is 9.89. The Balaban J connectivity index is 1.94. The number of halogens is 1. The fraction of sp³-hybridized carbons (Fsp3) is 0.556. The molecule has 2 heterocycles. The molecule has 2 fully saturated rings. The highest BCUT2D eigenvalue weighted by Crippen LogP contribution is 2.35. The summed E-state index contributed by atoms with van der Waals surface area (Å²) in [6.45, 7) is 5.95. The Morgan fingerprint density at radius 3 is 2.42 bits per heavy atom. The standard InChI is InChI=1S/C18H24ClN3O2/c1-13(2)21-11-16(23)22(10-14-4-6-15(19)7-5-14)18(17(21)24)8-9-20(3)12-18/h4-7,13H,8-12H2,1-3H3. The second kappa shape index (κ2) is 6.37. The van der Waals surface area contributed by atoms with Crippen LogP contribution in [0, 0.1) is 0 Å². The quantitative estimate of drug-likeness (QED) is 0.838. The van der Waals surface area contributed by atoms with Crippen LogP contribution in [0.15, 0.2) is 24.3 Å². The first-order valence-corrected chi connectivity index (χ1v) is 8.76. The molecule has 0 aromatic heterocycles. The largest absolute Gasteiger partial charge is 0.329 e. The van der Waals surface area contributed by atoms with E-state index in [1.807, 2.05) is 45.2 Å². The van der Waals surface area contributed by atoms with E-state index >= 15 is 0 Å². The minimum Gasteiger partial charge on any atom is -0.329 e. The summed E-state index contributed by atoms with van der Waals surface area (Å²) in [7, 11) is 2.00. The van der Waals surface area contributed by atoms with E-state index in [9.17, 15) is 9.59 Å². The minimum atomic E-state index is -0.742. The number of likely N-dealkylation sites (N-methyl/N-ethyl adjacent to an activating group) is 1. The number of likely N-dealkylation sites (tertiary alicyclic amines) is 1. The topological polar surface area (TPSA) is 43.9 Å². The molecule has 1 spiro atoms. The smallest absolute Gasteiger partial charge is 0.250 e. The van der Waals surface area contributed by atoms with Crippen LogP contribution in [0.3, 0.4) is 0 Å². The fourth-order valence-electron chi connectivity index (χ4n) is 3.73. The number of amides is 2. The van der Waals surface area contributed by atoms with Gasteiger partial charge in [0.15, 0.2) is 0 Å². The molecule has 0 radical (unpaired) electrons. The van der Waals surface area contributed by atoms with Crippen LogP contribution in [0.2, 0.25) is 5.02 Å². The van der Waals surface area contributed by atoms with Gasteiger partial charge < -0.3 is 14.7 Å². The first-order valence-electron chi connectivity index (χ1n) is 8.38. The lowest BCUT2D eigenvalue weighted by molar-refractivity contribution is -0.166. The summed E-state index contributed by atoms with van der Waals surface area (Å²) in [6.07, 6.45) is 0.685. The Morgan fingerprint density at radius 2 is 1.88 bits per heavy atom. The van der Waals surface area contributed by atoms with Crippen LogP contribution in [0.4, 0.5) is 0 Å². The zero-order chi connectivity index (χ0) is 17.5. The third-order valence-electron chi connectivity index (χ3n) is 5.10. The van der Waals surface area contributed by atoms with Gasteiger partial charge in [-0.25, -0.2) is 0 Å². The highest BCUT2D eigenvalue weighted by atomic mass is 35.5. The molecule has 0 aliphatic carbocycles. The van der Waals surface area contributed by atoms with Crippen molar-refractivity contribution in [3.8, 4) is 0 Å². The van der Waals surface area contributed by atoms with Crippen LogP contribution >= 0.6 is 11.6 Å². The SMILES string of the molecule is CC(C)N1CC(=O)N(Cc2ccc(Cl)cc2)C2(CCN(C)C2)C1=O. The summed E-state index contributed by atoms with van der Waals surface area (Å²) in [4.78, 5) is 31.7. The Kier molecular flexibility index (Phi) is 4.58. The van der Waals surface area contributed by atoms with Crippen LogP contribution in [-0.2, 0) is 16.1 Å². The second-order valence-corrected chi connectivity index (χ2v) is 7.59. The van der Waals surface area contributed by atoms with E-state index in [1.54, 1.807) is 9.80 Å². The number of piperazine rings is 1. The molecule has 5 nitrogen and oxygen atoms in total. The molecule has 130 valence electrons. The molecule has 1 atom stereocenters. The van der Waals surface area contributed by atoms with Gasteiger partial charge in [-0.15, -0.1) is 0 Å². The third-order valence-corrected chi connectivity index (χ3v) is 5.35. The number of benzene rings is 1. The van der Waals surface area contributed by atoms with Crippen molar-refractivity contribution in [2.24, 2.45) is 0 Å². The first-order chi connectivity index (χ1) is 11.3. The molecule has 24 heavy (non-hydrogen) atoms. The van der Waals surface area contributed by atoms with Gasteiger partial charge in [0.25, 0.3) is 5.91 Å². The van der Waals surface area contributed by atoms with Crippen molar-refractivity contribution in [2.75, 3.05) is 26.7 Å². The molecule has 2 amide bonds. The van der Waals surface area contributed by atoms with Gasteiger partial charge in [-0.2, -0.15) is 0 Å². The molecule has 0 bridgehead atoms. The van der Waals surface area contributed by atoms with Gasteiger partial charge in [0, 0.05) is 30.7 Å². The molecule has 0 N–H and O–H groups in total.